The van der Waals surface area contributed by atoms with Crippen molar-refractivity contribution in [2.24, 2.45) is 23.5 Å². The minimum Gasteiger partial charge on any atom is -0.444 e. The minimum absolute atomic E-state index is 0.189. The summed E-state index contributed by atoms with van der Waals surface area (Å²) >= 11 is 0. The van der Waals surface area contributed by atoms with E-state index in [9.17, 15) is 4.79 Å². The Hall–Kier alpha value is -0.810. The van der Waals surface area contributed by atoms with Crippen molar-refractivity contribution in [3.8, 4) is 0 Å². The Morgan fingerprint density at radius 1 is 1.37 bits per heavy atom. The topological polar surface area (TPSA) is 64.8 Å². The van der Waals surface area contributed by atoms with E-state index in [1.54, 1.807) is 0 Å². The highest BCUT2D eigenvalue weighted by atomic mass is 16.6. The molecule has 2 bridgehead atoms. The predicted molar refractivity (Wildman–Crippen MR) is 70.6 cm³/mol. The first-order valence-corrected chi connectivity index (χ1v) is 7.22. The van der Waals surface area contributed by atoms with Gasteiger partial charge in [-0.1, -0.05) is 0 Å². The smallest absolute Gasteiger partial charge is 0.410 e. The molecule has 0 radical (unpaired) electrons. The average molecular weight is 268 g/mol. The van der Waals surface area contributed by atoms with Crippen molar-refractivity contribution in [2.75, 3.05) is 19.6 Å². The van der Waals surface area contributed by atoms with Crippen LogP contribution in [0.25, 0.3) is 0 Å². The maximum atomic E-state index is 12.1. The molecule has 3 aliphatic heterocycles. The highest BCUT2D eigenvalue weighted by Gasteiger charge is 2.57. The van der Waals surface area contributed by atoms with Crippen LogP contribution in [0.15, 0.2) is 0 Å². The van der Waals surface area contributed by atoms with Gasteiger partial charge in [0.1, 0.15) is 5.60 Å². The van der Waals surface area contributed by atoms with Crippen molar-refractivity contribution in [3.63, 3.8) is 0 Å². The summed E-state index contributed by atoms with van der Waals surface area (Å²) in [5.74, 6) is 1.42. The van der Waals surface area contributed by atoms with Crippen molar-refractivity contribution in [1.82, 2.24) is 4.90 Å². The number of hydrogen-bond acceptors (Lipinski definition) is 4. The van der Waals surface area contributed by atoms with Crippen LogP contribution in [0, 0.1) is 17.8 Å². The quantitative estimate of drug-likeness (QED) is 0.776. The zero-order valence-electron chi connectivity index (χ0n) is 12.0. The lowest BCUT2D eigenvalue weighted by Gasteiger charge is -2.26. The number of likely N-dealkylation sites (tertiary alicyclic amines) is 1. The monoisotopic (exact) mass is 268 g/mol. The van der Waals surface area contributed by atoms with Crippen LogP contribution in [0.1, 0.15) is 27.2 Å². The molecule has 3 heterocycles. The Bertz CT molecular complexity index is 377. The lowest BCUT2D eigenvalue weighted by molar-refractivity contribution is 0.0192. The second-order valence-electron chi connectivity index (χ2n) is 7.08. The van der Waals surface area contributed by atoms with Crippen molar-refractivity contribution in [1.29, 1.82) is 0 Å². The fourth-order valence-electron chi connectivity index (χ4n) is 3.83. The summed E-state index contributed by atoms with van der Waals surface area (Å²) in [5, 5.41) is 0. The maximum absolute atomic E-state index is 12.1. The number of ether oxygens (including phenoxy) is 2. The Kier molecular flexibility index (Phi) is 3.02. The van der Waals surface area contributed by atoms with Crippen LogP contribution in [-0.4, -0.2) is 48.4 Å². The zero-order chi connectivity index (χ0) is 13.8. The van der Waals surface area contributed by atoms with Gasteiger partial charge in [-0.3, -0.25) is 0 Å². The number of fused-ring (bicyclic) bond motifs is 5. The molecule has 3 fully saturated rings. The molecular weight excluding hydrogens is 244 g/mol. The van der Waals surface area contributed by atoms with Crippen LogP contribution in [0.5, 0.6) is 0 Å². The van der Waals surface area contributed by atoms with Gasteiger partial charge < -0.3 is 20.1 Å². The Morgan fingerprint density at radius 3 is 2.68 bits per heavy atom. The number of carbonyl (C=O) groups excluding carboxylic acids is 1. The first-order valence-electron chi connectivity index (χ1n) is 7.22. The van der Waals surface area contributed by atoms with Gasteiger partial charge in [-0.05, 0) is 33.7 Å². The fraction of sp³-hybridized carbons (Fsp3) is 0.929. The van der Waals surface area contributed by atoms with Gasteiger partial charge in [0.25, 0.3) is 0 Å². The van der Waals surface area contributed by atoms with Crippen LogP contribution in [0.3, 0.4) is 0 Å². The van der Waals surface area contributed by atoms with E-state index in [4.69, 9.17) is 15.2 Å². The molecule has 0 aromatic heterocycles. The van der Waals surface area contributed by atoms with Gasteiger partial charge in [0.15, 0.2) is 0 Å². The third-order valence-corrected chi connectivity index (χ3v) is 4.60. The normalized spacial score (nSPS) is 40.6. The zero-order valence-corrected chi connectivity index (χ0v) is 12.0. The summed E-state index contributed by atoms with van der Waals surface area (Å²) in [6.45, 7) is 7.93. The second kappa shape index (κ2) is 4.35. The Labute approximate surface area is 114 Å². The van der Waals surface area contributed by atoms with Crippen molar-refractivity contribution in [2.45, 2.75) is 45.0 Å². The Morgan fingerprint density at radius 2 is 2.05 bits per heavy atom. The summed E-state index contributed by atoms with van der Waals surface area (Å²) in [5.41, 5.74) is 5.37. The van der Waals surface area contributed by atoms with E-state index in [0.717, 1.165) is 19.5 Å². The molecule has 0 aromatic carbocycles. The third-order valence-electron chi connectivity index (χ3n) is 4.60. The van der Waals surface area contributed by atoms with E-state index >= 15 is 0 Å². The molecule has 0 saturated carbocycles. The maximum Gasteiger partial charge on any atom is 0.410 e. The van der Waals surface area contributed by atoms with Gasteiger partial charge >= 0.3 is 6.09 Å². The summed E-state index contributed by atoms with van der Waals surface area (Å²) in [4.78, 5) is 14.0. The van der Waals surface area contributed by atoms with E-state index < -0.39 is 5.60 Å². The van der Waals surface area contributed by atoms with E-state index in [1.165, 1.54) is 0 Å². The largest absolute Gasteiger partial charge is 0.444 e. The molecule has 5 heteroatoms. The lowest BCUT2D eigenvalue weighted by atomic mass is 9.76. The third kappa shape index (κ3) is 2.23. The molecule has 1 amide bonds. The van der Waals surface area contributed by atoms with Crippen LogP contribution in [0.4, 0.5) is 4.79 Å². The molecule has 3 rings (SSSR count). The summed E-state index contributed by atoms with van der Waals surface area (Å²) in [7, 11) is 0. The van der Waals surface area contributed by atoms with Gasteiger partial charge in [-0.15, -0.1) is 0 Å². The molecule has 0 aliphatic carbocycles. The molecule has 2 N–H and O–H groups in total. The molecule has 5 nitrogen and oxygen atoms in total. The number of hydrogen-bond donors (Lipinski definition) is 1. The summed E-state index contributed by atoms with van der Waals surface area (Å²) in [6.07, 6.45) is 1.43. The number of carbonyl (C=O) groups is 1. The van der Waals surface area contributed by atoms with Crippen molar-refractivity contribution in [3.05, 3.63) is 0 Å². The molecule has 0 aromatic rings. The molecule has 5 atom stereocenters. The summed E-state index contributed by atoms with van der Waals surface area (Å²) in [6, 6.07) is 0. The molecular formula is C14H24N2O3. The van der Waals surface area contributed by atoms with Gasteiger partial charge in [0, 0.05) is 30.8 Å². The van der Waals surface area contributed by atoms with E-state index in [1.807, 2.05) is 25.7 Å². The first kappa shape index (κ1) is 13.2. The molecule has 108 valence electrons. The average Bonchev–Trinajstić information content (AvgIpc) is 2.96. The molecule has 3 aliphatic rings. The van der Waals surface area contributed by atoms with Crippen molar-refractivity contribution >= 4 is 6.09 Å². The van der Waals surface area contributed by atoms with E-state index in [2.05, 4.69) is 0 Å². The van der Waals surface area contributed by atoms with Crippen molar-refractivity contribution < 1.29 is 14.3 Å². The number of nitrogens with zero attached hydrogens (tertiary/aromatic N) is 1. The van der Waals surface area contributed by atoms with Crippen LogP contribution >= 0.6 is 0 Å². The predicted octanol–water partition coefficient (Wildman–Crippen LogP) is 1.22. The van der Waals surface area contributed by atoms with Crippen LogP contribution < -0.4 is 5.73 Å². The summed E-state index contributed by atoms with van der Waals surface area (Å²) < 4.78 is 11.5. The Balaban J connectivity index is 1.64. The number of rotatable bonds is 1. The molecule has 5 unspecified atom stereocenters. The van der Waals surface area contributed by atoms with E-state index in [-0.39, 0.29) is 12.2 Å². The van der Waals surface area contributed by atoms with Gasteiger partial charge in [-0.25, -0.2) is 4.79 Å². The fourth-order valence-corrected chi connectivity index (χ4v) is 3.83. The first-order chi connectivity index (χ1) is 8.89. The minimum atomic E-state index is -0.427. The SMILES string of the molecule is CC(C)(C)OC(=O)N1CC2C3CC(CN)C(O3)C2C1. The number of amides is 1. The standard InChI is InChI=1S/C14H24N2O3/c1-14(2,3)19-13(17)16-6-9-10(7-16)12-8(5-15)4-11(9)18-12/h8-12H,4-7,15H2,1-3H3. The second-order valence-corrected chi connectivity index (χ2v) is 7.08. The highest BCUT2D eigenvalue weighted by Crippen LogP contribution is 2.49. The van der Waals surface area contributed by atoms with Gasteiger partial charge in [0.2, 0.25) is 0 Å². The highest BCUT2D eigenvalue weighted by molar-refractivity contribution is 5.68. The van der Waals surface area contributed by atoms with E-state index in [0.29, 0.717) is 30.4 Å². The number of nitrogens with two attached hydrogens (primary N) is 1. The van der Waals surface area contributed by atoms with Gasteiger partial charge in [0.05, 0.1) is 12.2 Å². The molecule has 3 saturated heterocycles. The molecule has 0 spiro atoms. The van der Waals surface area contributed by atoms with Crippen LogP contribution in [0.2, 0.25) is 0 Å². The molecule has 19 heavy (non-hydrogen) atoms. The lowest BCUT2D eigenvalue weighted by Crippen LogP contribution is -2.37. The van der Waals surface area contributed by atoms with Gasteiger partial charge in [-0.2, -0.15) is 0 Å². The van der Waals surface area contributed by atoms with Crippen LogP contribution in [-0.2, 0) is 9.47 Å².